The van der Waals surface area contributed by atoms with E-state index in [-0.39, 0.29) is 17.7 Å². The Bertz CT molecular complexity index is 1320. The second-order valence-electron chi connectivity index (χ2n) is 9.52. The van der Waals surface area contributed by atoms with Crippen molar-refractivity contribution in [2.75, 3.05) is 0 Å². The number of alkyl halides is 3. The minimum Gasteiger partial charge on any atom is -0.323 e. The van der Waals surface area contributed by atoms with Crippen molar-refractivity contribution >= 4 is 28.6 Å². The number of nitrogens with one attached hydrogen (secondary N) is 2. The number of pyridine rings is 1. The molecule has 3 aromatic rings. The molecule has 198 valence electrons. The first-order valence-electron chi connectivity index (χ1n) is 12.2. The van der Waals surface area contributed by atoms with E-state index in [1.54, 1.807) is 48.7 Å². The van der Waals surface area contributed by atoms with Crippen LogP contribution < -0.4 is 10.6 Å². The molecule has 0 radical (unpaired) electrons. The van der Waals surface area contributed by atoms with Crippen LogP contribution in [0.25, 0.3) is 0 Å². The Morgan fingerprint density at radius 3 is 2.32 bits per heavy atom. The Kier molecular flexibility index (Phi) is 8.31. The number of benzene rings is 2. The summed E-state index contributed by atoms with van der Waals surface area (Å²) >= 11 is 2.06. The topological polar surface area (TPSA) is 54.0 Å². The number of amides is 2. The normalized spacial score (nSPS) is 16.6. The first-order valence-corrected chi connectivity index (χ1v) is 13.3. The molecule has 1 aliphatic carbocycles. The number of halogens is 5. The minimum atomic E-state index is -4.80. The van der Waals surface area contributed by atoms with Gasteiger partial charge >= 0.3 is 12.2 Å². The molecule has 4 rings (SSSR count). The molecule has 1 saturated carbocycles. The van der Waals surface area contributed by atoms with Crippen LogP contribution in [0.3, 0.4) is 0 Å². The fourth-order valence-corrected chi connectivity index (χ4v) is 5.27. The van der Waals surface area contributed by atoms with Crippen molar-refractivity contribution in [1.29, 1.82) is 0 Å². The fraction of sp³-hybridized carbons (Fsp3) is 0.310. The molecule has 2 amide bonds. The molecule has 1 fully saturated rings. The molecule has 0 bridgehead atoms. The lowest BCUT2D eigenvalue weighted by Crippen LogP contribution is -2.58. The van der Waals surface area contributed by atoms with Gasteiger partial charge in [0.25, 0.3) is 0 Å². The first-order chi connectivity index (χ1) is 18.1. The van der Waals surface area contributed by atoms with E-state index in [0.717, 1.165) is 35.0 Å². The van der Waals surface area contributed by atoms with Gasteiger partial charge in [0, 0.05) is 16.2 Å². The number of terminal acetylenes is 1. The van der Waals surface area contributed by atoms with Crippen molar-refractivity contribution in [2.45, 2.75) is 55.8 Å². The van der Waals surface area contributed by atoms with Crippen LogP contribution in [-0.2, 0) is 18.1 Å². The number of hydrogen-bond donors (Lipinski definition) is 2. The van der Waals surface area contributed by atoms with Crippen molar-refractivity contribution in [1.82, 2.24) is 15.6 Å². The average Bonchev–Trinajstić information content (AvgIpc) is 2.89. The molecule has 1 aromatic heterocycles. The lowest BCUT2D eigenvalue weighted by Gasteiger charge is -2.39. The number of hydrogen-bond acceptors (Lipinski definition) is 2. The molecule has 9 heteroatoms. The predicted molar refractivity (Wildman–Crippen MR) is 146 cm³/mol. The Morgan fingerprint density at radius 1 is 1.03 bits per heavy atom. The van der Waals surface area contributed by atoms with Gasteiger partial charge in [0.1, 0.15) is 16.9 Å². The molecule has 2 N–H and O–H groups in total. The number of urea groups is 1. The zero-order valence-corrected chi connectivity index (χ0v) is 22.6. The lowest BCUT2D eigenvalue weighted by atomic mass is 9.79. The van der Waals surface area contributed by atoms with Crippen LogP contribution in [0.2, 0.25) is 0 Å². The number of aromatic nitrogens is 1. The van der Waals surface area contributed by atoms with Gasteiger partial charge < -0.3 is 10.6 Å². The highest BCUT2D eigenvalue weighted by atomic mass is 127. The Hall–Kier alpha value is -3.13. The highest BCUT2D eigenvalue weighted by molar-refractivity contribution is 14.1. The maximum Gasteiger partial charge on any atom is 0.416 e. The van der Waals surface area contributed by atoms with E-state index in [2.05, 4.69) is 44.1 Å². The van der Waals surface area contributed by atoms with Crippen LogP contribution in [0.15, 0.2) is 66.9 Å². The summed E-state index contributed by atoms with van der Waals surface area (Å²) in [6, 6.07) is 13.9. The van der Waals surface area contributed by atoms with Crippen LogP contribution in [0, 0.1) is 21.7 Å². The summed E-state index contributed by atoms with van der Waals surface area (Å²) in [5.41, 5.74) is -2.81. The van der Waals surface area contributed by atoms with Gasteiger partial charge in [-0.25, -0.2) is 9.18 Å². The second-order valence-corrected chi connectivity index (χ2v) is 10.8. The van der Waals surface area contributed by atoms with Crippen LogP contribution >= 0.6 is 22.6 Å². The molecule has 1 atom stereocenters. The lowest BCUT2D eigenvalue weighted by molar-refractivity contribution is -0.137. The second kappa shape index (κ2) is 11.3. The van der Waals surface area contributed by atoms with Crippen molar-refractivity contribution in [3.8, 4) is 12.3 Å². The monoisotopic (exact) mass is 635 g/mol. The van der Waals surface area contributed by atoms with Crippen molar-refractivity contribution in [3.05, 3.63) is 98.6 Å². The maximum absolute atomic E-state index is 14.8. The fourth-order valence-electron chi connectivity index (χ4n) is 4.95. The van der Waals surface area contributed by atoms with Crippen LogP contribution in [0.1, 0.15) is 54.5 Å². The summed E-state index contributed by atoms with van der Waals surface area (Å²) in [4.78, 5) is 18.1. The summed E-state index contributed by atoms with van der Waals surface area (Å²) in [5, 5.41) is 5.80. The zero-order valence-electron chi connectivity index (χ0n) is 20.4. The van der Waals surface area contributed by atoms with Crippen molar-refractivity contribution in [3.63, 3.8) is 0 Å². The van der Waals surface area contributed by atoms with Crippen LogP contribution in [0.5, 0.6) is 0 Å². The summed E-state index contributed by atoms with van der Waals surface area (Å²) in [7, 11) is 0. The Morgan fingerprint density at radius 2 is 1.71 bits per heavy atom. The van der Waals surface area contributed by atoms with E-state index in [1.807, 2.05) is 0 Å². The molecule has 1 heterocycles. The van der Waals surface area contributed by atoms with Gasteiger partial charge in [-0.2, -0.15) is 13.2 Å². The van der Waals surface area contributed by atoms with E-state index < -0.39 is 34.7 Å². The molecular weight excluding hydrogens is 609 g/mol. The number of rotatable bonds is 6. The summed E-state index contributed by atoms with van der Waals surface area (Å²) < 4.78 is 56.9. The maximum atomic E-state index is 14.8. The number of carbonyl (C=O) groups is 1. The average molecular weight is 635 g/mol. The quantitative estimate of drug-likeness (QED) is 0.175. The largest absolute Gasteiger partial charge is 0.416 e. The Labute approximate surface area is 232 Å². The van der Waals surface area contributed by atoms with Gasteiger partial charge in [-0.15, -0.1) is 6.42 Å². The summed E-state index contributed by atoms with van der Waals surface area (Å²) in [5.74, 6) is 1.64. The van der Waals surface area contributed by atoms with Crippen LogP contribution in [0.4, 0.5) is 22.4 Å². The standard InChI is InChI=1S/C29H26F4IN3O/c1-2-27(13-7-4-8-14-27)36-26(38)37-28(18-20-9-5-3-6-10-20,25-12-11-24(34)19-35-25)21-15-22(29(31,32)33)17-23(30)16-21/h1,3,5-6,9-12,15-17,19H,4,7-8,13-14,18H2,(H2,36,37,38)/t28-/m0/s1. The SMILES string of the molecule is C#CC1(NC(=O)N[C@@](Cc2ccccc2)(c2cc(F)cc(C(F)(F)F)c2)c2ccc(I)cn2)CCCCC1. The first kappa shape index (κ1) is 27.9. The molecule has 4 nitrogen and oxygen atoms in total. The molecular formula is C29H26F4IN3O. The van der Waals surface area contributed by atoms with E-state index in [0.29, 0.717) is 24.5 Å². The molecule has 0 aliphatic heterocycles. The Balaban J connectivity index is 1.89. The van der Waals surface area contributed by atoms with E-state index >= 15 is 0 Å². The summed E-state index contributed by atoms with van der Waals surface area (Å²) in [6.45, 7) is 0. The molecule has 38 heavy (non-hydrogen) atoms. The van der Waals surface area contributed by atoms with Gasteiger partial charge in [-0.05, 0) is 76.9 Å². The minimum absolute atomic E-state index is 0.0126. The van der Waals surface area contributed by atoms with Gasteiger partial charge in [-0.3, -0.25) is 4.98 Å². The highest BCUT2D eigenvalue weighted by Gasteiger charge is 2.42. The molecule has 0 unspecified atom stereocenters. The van der Waals surface area contributed by atoms with Crippen molar-refractivity contribution in [2.24, 2.45) is 0 Å². The van der Waals surface area contributed by atoms with Gasteiger partial charge in [-0.1, -0.05) is 55.5 Å². The smallest absolute Gasteiger partial charge is 0.323 e. The highest BCUT2D eigenvalue weighted by Crippen LogP contribution is 2.38. The molecule has 2 aromatic carbocycles. The third kappa shape index (κ3) is 6.29. The molecule has 1 aliphatic rings. The van der Waals surface area contributed by atoms with E-state index in [1.165, 1.54) is 0 Å². The van der Waals surface area contributed by atoms with E-state index in [9.17, 15) is 22.4 Å². The van der Waals surface area contributed by atoms with E-state index in [4.69, 9.17) is 6.42 Å². The molecule has 0 saturated heterocycles. The zero-order chi connectivity index (χ0) is 27.4. The van der Waals surface area contributed by atoms with Gasteiger partial charge in [0.2, 0.25) is 0 Å². The van der Waals surface area contributed by atoms with Crippen molar-refractivity contribution < 1.29 is 22.4 Å². The number of carbonyl (C=O) groups excluding carboxylic acids is 1. The third-order valence-corrected chi connectivity index (χ3v) is 7.50. The van der Waals surface area contributed by atoms with Crippen LogP contribution in [-0.4, -0.2) is 16.6 Å². The predicted octanol–water partition coefficient (Wildman–Crippen LogP) is 6.97. The van der Waals surface area contributed by atoms with Gasteiger partial charge in [0.05, 0.1) is 11.3 Å². The molecule has 0 spiro atoms. The summed E-state index contributed by atoms with van der Waals surface area (Å²) in [6.07, 6.45) is 6.44. The van der Waals surface area contributed by atoms with Gasteiger partial charge in [0.15, 0.2) is 0 Å². The third-order valence-electron chi connectivity index (χ3n) is 6.86. The number of nitrogens with zero attached hydrogens (tertiary/aromatic N) is 1.